The average Bonchev–Trinajstić information content (AvgIpc) is 2.52. The van der Waals surface area contributed by atoms with Crippen molar-refractivity contribution >= 4 is 6.71 Å². The highest BCUT2D eigenvalue weighted by atomic mass is 14.2. The minimum atomic E-state index is 0.332. The Morgan fingerprint density at radius 1 is 1.45 bits per heavy atom. The fourth-order valence-electron chi connectivity index (χ4n) is 1.96. The number of rotatable bonds is 3. The minimum absolute atomic E-state index is 0.332. The van der Waals surface area contributed by atoms with Crippen molar-refractivity contribution in [3.63, 3.8) is 0 Å². The SMILES string of the molecule is CCB(C#N)CC1CCCC1. The van der Waals surface area contributed by atoms with E-state index in [9.17, 15) is 0 Å². The third-order valence-electron chi connectivity index (χ3n) is 2.77. The molecule has 0 radical (unpaired) electrons. The Bertz CT molecular complexity index is 144. The zero-order valence-corrected chi connectivity index (χ0v) is 7.34. The minimum Gasteiger partial charge on any atom is -0.213 e. The standard InChI is InChI=1S/C9H16BN/c1-2-10(8-11)7-9-5-3-4-6-9/h9H,2-7H2,1H3. The highest BCUT2D eigenvalue weighted by Crippen LogP contribution is 2.29. The third-order valence-corrected chi connectivity index (χ3v) is 2.77. The average molecular weight is 149 g/mol. The number of nitrogens with zero attached hydrogens (tertiary/aromatic N) is 1. The highest BCUT2D eigenvalue weighted by Gasteiger charge is 2.21. The van der Waals surface area contributed by atoms with Crippen LogP contribution in [0.1, 0.15) is 32.6 Å². The summed E-state index contributed by atoms with van der Waals surface area (Å²) in [6, 6.07) is 0. The molecule has 1 saturated carbocycles. The summed E-state index contributed by atoms with van der Waals surface area (Å²) in [5.74, 6) is 3.25. The van der Waals surface area contributed by atoms with E-state index in [1.807, 2.05) is 0 Å². The maximum absolute atomic E-state index is 8.74. The largest absolute Gasteiger partial charge is 0.267 e. The van der Waals surface area contributed by atoms with E-state index < -0.39 is 0 Å². The number of hydrogen-bond donors (Lipinski definition) is 0. The van der Waals surface area contributed by atoms with Crippen LogP contribution in [0.25, 0.3) is 0 Å². The predicted octanol–water partition coefficient (Wildman–Crippen LogP) is 2.75. The van der Waals surface area contributed by atoms with Crippen molar-refractivity contribution in [1.29, 1.82) is 5.26 Å². The van der Waals surface area contributed by atoms with Crippen LogP contribution < -0.4 is 0 Å². The lowest BCUT2D eigenvalue weighted by molar-refractivity contribution is 0.606. The van der Waals surface area contributed by atoms with Gasteiger partial charge in [0.1, 0.15) is 0 Å². The van der Waals surface area contributed by atoms with Gasteiger partial charge in [0.2, 0.25) is 0 Å². The zero-order valence-electron chi connectivity index (χ0n) is 7.34. The lowest BCUT2D eigenvalue weighted by Gasteiger charge is -2.08. The molecule has 0 atom stereocenters. The Morgan fingerprint density at radius 2 is 2.09 bits per heavy atom. The maximum atomic E-state index is 8.74. The van der Waals surface area contributed by atoms with Gasteiger partial charge in [-0.1, -0.05) is 45.2 Å². The molecule has 0 aliphatic heterocycles. The fourth-order valence-corrected chi connectivity index (χ4v) is 1.96. The van der Waals surface area contributed by atoms with E-state index in [1.54, 1.807) is 0 Å². The molecule has 0 N–H and O–H groups in total. The van der Waals surface area contributed by atoms with Crippen LogP contribution in [-0.4, -0.2) is 6.71 Å². The molecule has 11 heavy (non-hydrogen) atoms. The van der Waals surface area contributed by atoms with Crippen molar-refractivity contribution in [1.82, 2.24) is 0 Å². The smallest absolute Gasteiger partial charge is 0.213 e. The van der Waals surface area contributed by atoms with Gasteiger partial charge in [-0.05, 0) is 5.92 Å². The molecule has 0 saturated heterocycles. The van der Waals surface area contributed by atoms with Crippen LogP contribution >= 0.6 is 0 Å². The normalized spacial score (nSPS) is 18.2. The van der Waals surface area contributed by atoms with Gasteiger partial charge in [-0.15, -0.1) is 0 Å². The van der Waals surface area contributed by atoms with Gasteiger partial charge in [0.15, 0.2) is 0 Å². The Hall–Kier alpha value is -0.445. The Balaban J connectivity index is 2.23. The van der Waals surface area contributed by atoms with Crippen LogP contribution in [0.15, 0.2) is 0 Å². The first-order valence-electron chi connectivity index (χ1n) is 4.76. The second-order valence-corrected chi connectivity index (χ2v) is 3.62. The lowest BCUT2D eigenvalue weighted by Crippen LogP contribution is -2.12. The van der Waals surface area contributed by atoms with E-state index in [-0.39, 0.29) is 0 Å². The van der Waals surface area contributed by atoms with Crippen LogP contribution in [0.4, 0.5) is 0 Å². The molecular weight excluding hydrogens is 133 g/mol. The summed E-state index contributed by atoms with van der Waals surface area (Å²) in [7, 11) is 0. The van der Waals surface area contributed by atoms with Gasteiger partial charge in [0.05, 0.1) is 0 Å². The zero-order chi connectivity index (χ0) is 8.10. The summed E-state index contributed by atoms with van der Waals surface area (Å²) in [6.07, 6.45) is 7.73. The van der Waals surface area contributed by atoms with Crippen LogP contribution in [0.5, 0.6) is 0 Å². The first-order chi connectivity index (χ1) is 5.36. The molecule has 1 rings (SSSR count). The van der Waals surface area contributed by atoms with Gasteiger partial charge in [-0.3, -0.25) is 0 Å². The van der Waals surface area contributed by atoms with Crippen molar-refractivity contribution in [3.8, 4) is 5.97 Å². The molecule has 1 aliphatic carbocycles. The molecule has 0 aromatic carbocycles. The molecule has 0 heterocycles. The number of nitriles is 1. The molecule has 60 valence electrons. The molecule has 1 aliphatic rings. The van der Waals surface area contributed by atoms with Crippen molar-refractivity contribution in [2.24, 2.45) is 5.92 Å². The van der Waals surface area contributed by atoms with E-state index >= 15 is 0 Å². The quantitative estimate of drug-likeness (QED) is 0.566. The maximum Gasteiger partial charge on any atom is 0.267 e. The number of hydrogen-bond acceptors (Lipinski definition) is 1. The molecule has 0 spiro atoms. The van der Waals surface area contributed by atoms with Gasteiger partial charge in [-0.2, -0.15) is 0 Å². The van der Waals surface area contributed by atoms with E-state index in [2.05, 4.69) is 12.9 Å². The molecule has 0 amide bonds. The summed E-state index contributed by atoms with van der Waals surface area (Å²) in [5.41, 5.74) is 0. The van der Waals surface area contributed by atoms with Gasteiger partial charge in [0.25, 0.3) is 6.71 Å². The monoisotopic (exact) mass is 149 g/mol. The summed E-state index contributed by atoms with van der Waals surface area (Å²) >= 11 is 0. The van der Waals surface area contributed by atoms with Crippen LogP contribution in [0.2, 0.25) is 12.6 Å². The Kier molecular flexibility index (Phi) is 3.49. The second kappa shape index (κ2) is 4.44. The van der Waals surface area contributed by atoms with E-state index in [0.29, 0.717) is 6.71 Å². The Labute approximate surface area is 69.9 Å². The molecule has 0 unspecified atom stereocenters. The van der Waals surface area contributed by atoms with Crippen LogP contribution in [0.3, 0.4) is 0 Å². The Morgan fingerprint density at radius 3 is 2.55 bits per heavy atom. The summed E-state index contributed by atoms with van der Waals surface area (Å²) in [5, 5.41) is 8.74. The van der Waals surface area contributed by atoms with Crippen molar-refractivity contribution in [2.75, 3.05) is 0 Å². The molecular formula is C9H16BN. The molecule has 1 fully saturated rings. The first-order valence-corrected chi connectivity index (χ1v) is 4.76. The predicted molar refractivity (Wildman–Crippen MR) is 48.6 cm³/mol. The van der Waals surface area contributed by atoms with Gasteiger partial charge in [-0.25, -0.2) is 5.26 Å². The lowest BCUT2D eigenvalue weighted by atomic mass is 9.45. The van der Waals surface area contributed by atoms with Gasteiger partial charge in [0, 0.05) is 5.97 Å². The van der Waals surface area contributed by atoms with Crippen molar-refractivity contribution in [3.05, 3.63) is 0 Å². The highest BCUT2D eigenvalue weighted by molar-refractivity contribution is 6.66. The molecule has 2 heteroatoms. The first kappa shape index (κ1) is 8.65. The van der Waals surface area contributed by atoms with Crippen molar-refractivity contribution in [2.45, 2.75) is 45.2 Å². The van der Waals surface area contributed by atoms with Gasteiger partial charge < -0.3 is 0 Å². The van der Waals surface area contributed by atoms with Crippen molar-refractivity contribution < 1.29 is 0 Å². The molecule has 0 aromatic heterocycles. The second-order valence-electron chi connectivity index (χ2n) is 3.62. The summed E-state index contributed by atoms with van der Waals surface area (Å²) in [4.78, 5) is 0. The topological polar surface area (TPSA) is 23.8 Å². The van der Waals surface area contributed by atoms with E-state index in [4.69, 9.17) is 5.26 Å². The molecule has 0 bridgehead atoms. The third kappa shape index (κ3) is 2.57. The fraction of sp³-hybridized carbons (Fsp3) is 0.889. The molecule has 0 aromatic rings. The van der Waals surface area contributed by atoms with Crippen LogP contribution in [-0.2, 0) is 0 Å². The summed E-state index contributed by atoms with van der Waals surface area (Å²) in [6.45, 7) is 2.45. The molecule has 1 nitrogen and oxygen atoms in total. The van der Waals surface area contributed by atoms with E-state index in [1.165, 1.54) is 25.7 Å². The summed E-state index contributed by atoms with van der Waals surface area (Å²) < 4.78 is 0. The van der Waals surface area contributed by atoms with Gasteiger partial charge >= 0.3 is 0 Å². The van der Waals surface area contributed by atoms with E-state index in [0.717, 1.165) is 18.6 Å². The van der Waals surface area contributed by atoms with Crippen LogP contribution in [0, 0.1) is 17.1 Å².